The van der Waals surface area contributed by atoms with Crippen LogP contribution in [-0.2, 0) is 12.6 Å². The van der Waals surface area contributed by atoms with Crippen molar-refractivity contribution in [1.82, 2.24) is 9.78 Å². The smallest absolute Gasteiger partial charge is 0.396 e. The van der Waals surface area contributed by atoms with Gasteiger partial charge in [-0.3, -0.25) is 9.48 Å². The molecule has 0 atom stereocenters. The average Bonchev–Trinajstić information content (AvgIpc) is 2.95. The maximum absolute atomic E-state index is 13.3. The van der Waals surface area contributed by atoms with Gasteiger partial charge in [-0.25, -0.2) is 0 Å². The molecule has 24 heavy (non-hydrogen) atoms. The molecule has 0 aliphatic carbocycles. The van der Waals surface area contributed by atoms with Gasteiger partial charge in [-0.05, 0) is 38.0 Å². The summed E-state index contributed by atoms with van der Waals surface area (Å²) in [6, 6.07) is 6.00. The normalized spacial score (nSPS) is 11.8. The van der Waals surface area contributed by atoms with Crippen molar-refractivity contribution >= 4 is 11.6 Å². The van der Waals surface area contributed by atoms with E-state index in [1.165, 1.54) is 0 Å². The maximum Gasteiger partial charge on any atom is 0.433 e. The van der Waals surface area contributed by atoms with Gasteiger partial charge < -0.3 is 10.4 Å². The second-order valence-electron chi connectivity index (χ2n) is 5.57. The fraction of sp³-hybridized carbons (Fsp3) is 0.375. The maximum atomic E-state index is 13.3. The zero-order chi connectivity index (χ0) is 17.9. The lowest BCUT2D eigenvalue weighted by molar-refractivity contribution is -0.145. The number of aliphatic hydroxyl groups is 1. The molecular weight excluding hydrogens is 323 g/mol. The Bertz CT molecular complexity index is 706. The highest BCUT2D eigenvalue weighted by molar-refractivity contribution is 6.05. The fourth-order valence-electron chi connectivity index (χ4n) is 2.28. The number of alkyl halides is 3. The number of aliphatic hydroxyl groups excluding tert-OH is 1. The van der Waals surface area contributed by atoms with Gasteiger partial charge in [0.1, 0.15) is 0 Å². The number of rotatable bonds is 5. The van der Waals surface area contributed by atoms with Crippen LogP contribution in [-0.4, -0.2) is 27.4 Å². The van der Waals surface area contributed by atoms with Crippen LogP contribution in [0.1, 0.15) is 41.5 Å². The standard InChI is InChI=1S/C16H18F3N3O2/c1-10(2)22-14(16(17,18)19)13(9-20-22)15(24)21-12-5-3-11(4-6-12)7-8-23/h3-6,9-10,23H,7-8H2,1-2H3,(H,21,24). The van der Waals surface area contributed by atoms with Crippen molar-refractivity contribution < 1.29 is 23.1 Å². The molecule has 0 saturated carbocycles. The van der Waals surface area contributed by atoms with E-state index in [1.807, 2.05) is 0 Å². The fourth-order valence-corrected chi connectivity index (χ4v) is 2.28. The van der Waals surface area contributed by atoms with Gasteiger partial charge in [0.15, 0.2) is 5.69 Å². The summed E-state index contributed by atoms with van der Waals surface area (Å²) in [4.78, 5) is 12.2. The summed E-state index contributed by atoms with van der Waals surface area (Å²) in [5.74, 6) is -0.871. The number of benzene rings is 1. The Labute approximate surface area is 137 Å². The highest BCUT2D eigenvalue weighted by atomic mass is 19.4. The Morgan fingerprint density at radius 2 is 1.92 bits per heavy atom. The Hall–Kier alpha value is -2.35. The minimum atomic E-state index is -4.68. The second kappa shape index (κ2) is 7.04. The van der Waals surface area contributed by atoms with E-state index in [9.17, 15) is 18.0 Å². The summed E-state index contributed by atoms with van der Waals surface area (Å²) in [6.07, 6.45) is -3.29. The van der Waals surface area contributed by atoms with Crippen LogP contribution < -0.4 is 5.32 Å². The van der Waals surface area contributed by atoms with Crippen LogP contribution in [0, 0.1) is 0 Å². The molecule has 1 amide bonds. The molecule has 0 bridgehead atoms. The number of nitrogens with zero attached hydrogens (tertiary/aromatic N) is 2. The quantitative estimate of drug-likeness (QED) is 0.877. The predicted molar refractivity (Wildman–Crippen MR) is 82.8 cm³/mol. The Morgan fingerprint density at radius 3 is 2.42 bits per heavy atom. The second-order valence-corrected chi connectivity index (χ2v) is 5.57. The lowest BCUT2D eigenvalue weighted by Gasteiger charge is -2.15. The summed E-state index contributed by atoms with van der Waals surface area (Å²) in [5.41, 5.74) is -0.353. The topological polar surface area (TPSA) is 67.2 Å². The molecule has 0 aliphatic rings. The SMILES string of the molecule is CC(C)n1ncc(C(=O)Nc2ccc(CCO)cc2)c1C(F)(F)F. The molecule has 0 radical (unpaired) electrons. The molecule has 0 fully saturated rings. The summed E-state index contributed by atoms with van der Waals surface area (Å²) >= 11 is 0. The van der Waals surface area contributed by atoms with E-state index in [1.54, 1.807) is 38.1 Å². The molecule has 8 heteroatoms. The summed E-state index contributed by atoms with van der Waals surface area (Å²) in [5, 5.41) is 15.0. The van der Waals surface area contributed by atoms with E-state index in [2.05, 4.69) is 10.4 Å². The number of amides is 1. The molecule has 0 saturated heterocycles. The molecule has 2 rings (SSSR count). The van der Waals surface area contributed by atoms with Crippen LogP contribution in [0.3, 0.4) is 0 Å². The van der Waals surface area contributed by atoms with E-state index >= 15 is 0 Å². The Morgan fingerprint density at radius 1 is 1.29 bits per heavy atom. The van der Waals surface area contributed by atoms with E-state index in [-0.39, 0.29) is 6.61 Å². The van der Waals surface area contributed by atoms with E-state index in [4.69, 9.17) is 5.11 Å². The molecular formula is C16H18F3N3O2. The molecule has 1 aromatic heterocycles. The third-order valence-electron chi connectivity index (χ3n) is 3.41. The van der Waals surface area contributed by atoms with Gasteiger partial charge >= 0.3 is 6.18 Å². The Kier molecular flexibility index (Phi) is 5.28. The number of hydrogen-bond acceptors (Lipinski definition) is 3. The van der Waals surface area contributed by atoms with Crippen LogP contribution in [0.25, 0.3) is 0 Å². The largest absolute Gasteiger partial charge is 0.433 e. The van der Waals surface area contributed by atoms with E-state index in [0.717, 1.165) is 16.4 Å². The highest BCUT2D eigenvalue weighted by Crippen LogP contribution is 2.33. The number of anilines is 1. The zero-order valence-electron chi connectivity index (χ0n) is 13.3. The van der Waals surface area contributed by atoms with Crippen molar-refractivity contribution in [3.05, 3.63) is 47.3 Å². The molecule has 0 aliphatic heterocycles. The van der Waals surface area contributed by atoms with Crippen molar-refractivity contribution in [2.24, 2.45) is 0 Å². The Balaban J connectivity index is 2.27. The summed E-state index contributed by atoms with van der Waals surface area (Å²) in [7, 11) is 0. The molecule has 2 N–H and O–H groups in total. The van der Waals surface area contributed by atoms with Crippen molar-refractivity contribution in [3.8, 4) is 0 Å². The zero-order valence-corrected chi connectivity index (χ0v) is 13.3. The number of carbonyl (C=O) groups excluding carboxylic acids is 1. The lowest BCUT2D eigenvalue weighted by Crippen LogP contribution is -2.22. The monoisotopic (exact) mass is 341 g/mol. The van der Waals surface area contributed by atoms with Gasteiger partial charge in [0.05, 0.1) is 11.8 Å². The predicted octanol–water partition coefficient (Wildman–Crippen LogP) is 3.27. The molecule has 0 unspecified atom stereocenters. The third kappa shape index (κ3) is 3.94. The molecule has 0 spiro atoms. The summed E-state index contributed by atoms with van der Waals surface area (Å²) < 4.78 is 40.6. The minimum absolute atomic E-state index is 0.00493. The molecule has 2 aromatic rings. The van der Waals surface area contributed by atoms with Crippen LogP contribution in [0.2, 0.25) is 0 Å². The van der Waals surface area contributed by atoms with Gasteiger partial charge in [-0.1, -0.05) is 12.1 Å². The van der Waals surface area contributed by atoms with Crippen molar-refractivity contribution in [3.63, 3.8) is 0 Å². The molecule has 5 nitrogen and oxygen atoms in total. The first-order chi connectivity index (χ1) is 11.2. The first-order valence-electron chi connectivity index (χ1n) is 7.40. The average molecular weight is 341 g/mol. The van der Waals surface area contributed by atoms with E-state index in [0.29, 0.717) is 12.1 Å². The minimum Gasteiger partial charge on any atom is -0.396 e. The number of halogens is 3. The van der Waals surface area contributed by atoms with Gasteiger partial charge in [-0.2, -0.15) is 18.3 Å². The van der Waals surface area contributed by atoms with Crippen molar-refractivity contribution in [2.75, 3.05) is 11.9 Å². The van der Waals surface area contributed by atoms with Crippen LogP contribution in [0.5, 0.6) is 0 Å². The van der Waals surface area contributed by atoms with Gasteiger partial charge in [0, 0.05) is 18.3 Å². The van der Waals surface area contributed by atoms with Crippen molar-refractivity contribution in [2.45, 2.75) is 32.5 Å². The number of hydrogen-bond donors (Lipinski definition) is 2. The first-order valence-corrected chi connectivity index (χ1v) is 7.40. The summed E-state index contributed by atoms with van der Waals surface area (Å²) in [6.45, 7) is 3.11. The van der Waals surface area contributed by atoms with Crippen LogP contribution >= 0.6 is 0 Å². The van der Waals surface area contributed by atoms with Gasteiger partial charge in [0.25, 0.3) is 5.91 Å². The lowest BCUT2D eigenvalue weighted by atomic mass is 10.1. The number of carbonyl (C=O) groups is 1. The van der Waals surface area contributed by atoms with Gasteiger partial charge in [0.2, 0.25) is 0 Å². The molecule has 1 aromatic carbocycles. The van der Waals surface area contributed by atoms with Crippen molar-refractivity contribution in [1.29, 1.82) is 0 Å². The third-order valence-corrected chi connectivity index (χ3v) is 3.41. The van der Waals surface area contributed by atoms with Crippen LogP contribution in [0.4, 0.5) is 18.9 Å². The van der Waals surface area contributed by atoms with E-state index < -0.39 is 29.4 Å². The van der Waals surface area contributed by atoms with Crippen LogP contribution in [0.15, 0.2) is 30.5 Å². The number of aromatic nitrogens is 2. The number of nitrogens with one attached hydrogen (secondary N) is 1. The van der Waals surface area contributed by atoms with Gasteiger partial charge in [-0.15, -0.1) is 0 Å². The molecule has 1 heterocycles. The highest BCUT2D eigenvalue weighted by Gasteiger charge is 2.40. The molecule has 130 valence electrons. The first kappa shape index (κ1) is 18.0.